The van der Waals surface area contributed by atoms with E-state index in [2.05, 4.69) is 5.73 Å². The van der Waals surface area contributed by atoms with Crippen molar-refractivity contribution >= 4 is 0 Å². The molecule has 76 valence electrons. The quantitative estimate of drug-likeness (QED) is 0.562. The number of halogens is 3. The van der Waals surface area contributed by atoms with E-state index in [1.54, 1.807) is 6.92 Å². The highest BCUT2D eigenvalue weighted by molar-refractivity contribution is 5.40. The Morgan fingerprint density at radius 1 is 1.29 bits per heavy atom. The van der Waals surface area contributed by atoms with Crippen LogP contribution in [0, 0.1) is 0 Å². The molecule has 0 fully saturated rings. The third kappa shape index (κ3) is 2.39. The van der Waals surface area contributed by atoms with Gasteiger partial charge >= 0.3 is 6.18 Å². The SMILES string of the molecule is CCC1=CC=C(C(F)(F)F)C=C=C1C. The standard InChI is InChI=1S/C11H11F3/c1-3-9-5-7-10(11(12,13)14)6-4-8(9)2/h5-7H,3H2,1-2H3. The van der Waals surface area contributed by atoms with Gasteiger partial charge in [-0.15, -0.1) is 5.73 Å². The van der Waals surface area contributed by atoms with Crippen molar-refractivity contribution in [3.63, 3.8) is 0 Å². The molecule has 0 unspecified atom stereocenters. The van der Waals surface area contributed by atoms with Crippen LogP contribution in [0.5, 0.6) is 0 Å². The van der Waals surface area contributed by atoms with Crippen LogP contribution in [0.2, 0.25) is 0 Å². The van der Waals surface area contributed by atoms with E-state index in [9.17, 15) is 13.2 Å². The van der Waals surface area contributed by atoms with Crippen LogP contribution in [0.25, 0.3) is 0 Å². The smallest absolute Gasteiger partial charge is 0.166 e. The van der Waals surface area contributed by atoms with Crippen LogP contribution in [0.4, 0.5) is 13.2 Å². The van der Waals surface area contributed by atoms with E-state index < -0.39 is 11.7 Å². The number of hydrogen-bond donors (Lipinski definition) is 0. The van der Waals surface area contributed by atoms with E-state index in [0.717, 1.165) is 23.3 Å². The van der Waals surface area contributed by atoms with Crippen molar-refractivity contribution in [1.29, 1.82) is 0 Å². The van der Waals surface area contributed by atoms with Crippen LogP contribution in [0.1, 0.15) is 20.3 Å². The molecular formula is C11H11F3. The molecule has 1 aliphatic rings. The zero-order valence-electron chi connectivity index (χ0n) is 8.07. The third-order valence-corrected chi connectivity index (χ3v) is 2.10. The maximum Gasteiger partial charge on any atom is 0.417 e. The Balaban J connectivity index is 3.13. The van der Waals surface area contributed by atoms with Gasteiger partial charge in [-0.3, -0.25) is 0 Å². The molecule has 0 aromatic rings. The summed E-state index contributed by atoms with van der Waals surface area (Å²) in [6.45, 7) is 3.67. The predicted octanol–water partition coefficient (Wildman–Crippen LogP) is 3.93. The first-order valence-corrected chi connectivity index (χ1v) is 4.37. The normalized spacial score (nSPS) is 17.1. The van der Waals surface area contributed by atoms with Crippen LogP contribution in [-0.2, 0) is 0 Å². The minimum Gasteiger partial charge on any atom is -0.166 e. The van der Waals surface area contributed by atoms with Crippen LogP contribution >= 0.6 is 0 Å². The van der Waals surface area contributed by atoms with Crippen LogP contribution in [0.3, 0.4) is 0 Å². The average Bonchev–Trinajstić information content (AvgIpc) is 2.25. The summed E-state index contributed by atoms with van der Waals surface area (Å²) in [6.07, 6.45) is 0.0345. The molecule has 0 aromatic heterocycles. The summed E-state index contributed by atoms with van der Waals surface area (Å²) in [5.74, 6) is 0. The first-order valence-electron chi connectivity index (χ1n) is 4.37. The van der Waals surface area contributed by atoms with Gasteiger partial charge in [-0.25, -0.2) is 0 Å². The largest absolute Gasteiger partial charge is 0.417 e. The van der Waals surface area contributed by atoms with Crippen molar-refractivity contribution in [2.45, 2.75) is 26.4 Å². The minimum absolute atomic E-state index is 0.653. The second kappa shape index (κ2) is 3.89. The monoisotopic (exact) mass is 200 g/mol. The molecule has 0 atom stereocenters. The van der Waals surface area contributed by atoms with Gasteiger partial charge in [-0.1, -0.05) is 13.0 Å². The van der Waals surface area contributed by atoms with E-state index in [1.165, 1.54) is 6.08 Å². The van der Waals surface area contributed by atoms with Gasteiger partial charge in [0.15, 0.2) is 0 Å². The topological polar surface area (TPSA) is 0 Å². The van der Waals surface area contributed by atoms with E-state index in [1.807, 2.05) is 6.92 Å². The van der Waals surface area contributed by atoms with Gasteiger partial charge in [0.1, 0.15) is 0 Å². The number of alkyl halides is 3. The molecule has 0 saturated heterocycles. The van der Waals surface area contributed by atoms with Crippen molar-refractivity contribution in [2.24, 2.45) is 0 Å². The first-order chi connectivity index (χ1) is 6.45. The van der Waals surface area contributed by atoms with Gasteiger partial charge < -0.3 is 0 Å². The van der Waals surface area contributed by atoms with Crippen LogP contribution < -0.4 is 0 Å². The summed E-state index contributed by atoms with van der Waals surface area (Å²) in [5.41, 5.74) is 3.64. The molecule has 0 aromatic carbocycles. The molecule has 0 heterocycles. The van der Waals surface area contributed by atoms with Gasteiger partial charge in [-0.2, -0.15) is 13.2 Å². The molecule has 0 bridgehead atoms. The molecule has 0 nitrogen and oxygen atoms in total. The molecule has 0 aliphatic heterocycles. The predicted molar refractivity (Wildman–Crippen MR) is 49.8 cm³/mol. The summed E-state index contributed by atoms with van der Waals surface area (Å²) >= 11 is 0. The maximum atomic E-state index is 12.3. The Morgan fingerprint density at radius 3 is 2.43 bits per heavy atom. The second-order valence-corrected chi connectivity index (χ2v) is 3.08. The second-order valence-electron chi connectivity index (χ2n) is 3.08. The van der Waals surface area contributed by atoms with E-state index in [0.29, 0.717) is 6.42 Å². The summed E-state index contributed by atoms with van der Waals surface area (Å²) in [6, 6.07) is 0. The van der Waals surface area contributed by atoms with Crippen LogP contribution in [-0.4, -0.2) is 6.18 Å². The Kier molecular flexibility index (Phi) is 3.02. The van der Waals surface area contributed by atoms with Crippen molar-refractivity contribution < 1.29 is 13.2 Å². The number of hydrogen-bond acceptors (Lipinski definition) is 0. The lowest BCUT2D eigenvalue weighted by Gasteiger charge is -2.04. The van der Waals surface area contributed by atoms with Gasteiger partial charge in [-0.05, 0) is 36.6 Å². The summed E-state index contributed by atoms with van der Waals surface area (Å²) < 4.78 is 36.9. The molecule has 0 N–H and O–H groups in total. The van der Waals surface area contributed by atoms with Crippen molar-refractivity contribution in [3.8, 4) is 0 Å². The highest BCUT2D eigenvalue weighted by atomic mass is 19.4. The Hall–Kier alpha value is -1.21. The number of rotatable bonds is 1. The zero-order valence-corrected chi connectivity index (χ0v) is 8.07. The molecule has 1 rings (SSSR count). The lowest BCUT2D eigenvalue weighted by Crippen LogP contribution is -2.09. The zero-order chi connectivity index (χ0) is 10.8. The van der Waals surface area contributed by atoms with Gasteiger partial charge in [0, 0.05) is 0 Å². The summed E-state index contributed by atoms with van der Waals surface area (Å²) in [7, 11) is 0. The van der Waals surface area contributed by atoms with Crippen LogP contribution in [0.15, 0.2) is 40.7 Å². The Bertz CT molecular complexity index is 347. The fourth-order valence-electron chi connectivity index (χ4n) is 1.20. The lowest BCUT2D eigenvalue weighted by molar-refractivity contribution is -0.0881. The lowest BCUT2D eigenvalue weighted by atomic mass is 10.1. The molecule has 0 radical (unpaired) electrons. The van der Waals surface area contributed by atoms with E-state index >= 15 is 0 Å². The first kappa shape index (κ1) is 10.9. The fourth-order valence-corrected chi connectivity index (χ4v) is 1.20. The molecular weight excluding hydrogens is 189 g/mol. The third-order valence-electron chi connectivity index (χ3n) is 2.10. The fraction of sp³-hybridized carbons (Fsp3) is 0.364. The summed E-state index contributed by atoms with van der Waals surface area (Å²) in [4.78, 5) is 0. The van der Waals surface area contributed by atoms with E-state index in [-0.39, 0.29) is 0 Å². The Morgan fingerprint density at radius 2 is 1.93 bits per heavy atom. The molecule has 3 heteroatoms. The Labute approximate surface area is 81.1 Å². The van der Waals surface area contributed by atoms with E-state index in [4.69, 9.17) is 0 Å². The molecule has 1 aliphatic carbocycles. The average molecular weight is 200 g/mol. The highest BCUT2D eigenvalue weighted by Gasteiger charge is 2.31. The van der Waals surface area contributed by atoms with Gasteiger partial charge in [0.2, 0.25) is 0 Å². The van der Waals surface area contributed by atoms with Gasteiger partial charge in [0.25, 0.3) is 0 Å². The van der Waals surface area contributed by atoms with Crippen molar-refractivity contribution in [2.75, 3.05) is 0 Å². The van der Waals surface area contributed by atoms with Gasteiger partial charge in [0.05, 0.1) is 5.57 Å². The van der Waals surface area contributed by atoms with Crippen molar-refractivity contribution in [1.82, 2.24) is 0 Å². The minimum atomic E-state index is -4.28. The maximum absolute atomic E-state index is 12.3. The molecule has 0 spiro atoms. The molecule has 14 heavy (non-hydrogen) atoms. The summed E-state index contributed by atoms with van der Waals surface area (Å²) in [5, 5.41) is 0. The molecule has 0 amide bonds. The number of allylic oxidation sites excluding steroid dienone is 5. The van der Waals surface area contributed by atoms with Crippen molar-refractivity contribution in [3.05, 3.63) is 40.7 Å². The molecule has 0 saturated carbocycles. The highest BCUT2D eigenvalue weighted by Crippen LogP contribution is 2.28.